The fraction of sp³-hybridized carbons (Fsp3) is 0.396. The zero-order valence-corrected chi connectivity index (χ0v) is 48.2. The Labute approximate surface area is 475 Å². The first-order chi connectivity index (χ1) is 37.6. The summed E-state index contributed by atoms with van der Waals surface area (Å²) in [6.45, 7) is 12.3. The van der Waals surface area contributed by atoms with Crippen molar-refractivity contribution in [3.8, 4) is 22.9 Å². The summed E-state index contributed by atoms with van der Waals surface area (Å²) in [5.41, 5.74) is 2.04. The van der Waals surface area contributed by atoms with E-state index >= 15 is 0 Å². The van der Waals surface area contributed by atoms with E-state index in [0.717, 1.165) is 48.0 Å². The molecule has 1 aromatic heterocycles. The van der Waals surface area contributed by atoms with Gasteiger partial charge in [-0.3, -0.25) is 38.5 Å². The summed E-state index contributed by atoms with van der Waals surface area (Å²) in [4.78, 5) is 88.6. The van der Waals surface area contributed by atoms with Gasteiger partial charge in [-0.1, -0.05) is 79.5 Å². The lowest BCUT2D eigenvalue weighted by Crippen LogP contribution is -2.47. The second kappa shape index (κ2) is 32.1. The number of nitrogens with one attached hydrogen (secondary N) is 1. The summed E-state index contributed by atoms with van der Waals surface area (Å²) in [6.07, 6.45) is -4.64. The van der Waals surface area contributed by atoms with Crippen LogP contribution in [0.2, 0.25) is 0 Å². The van der Waals surface area contributed by atoms with Gasteiger partial charge in [-0.25, -0.2) is 14.2 Å². The molecule has 5 aromatic rings. The quantitative estimate of drug-likeness (QED) is 0.0263. The van der Waals surface area contributed by atoms with Crippen molar-refractivity contribution in [1.82, 2.24) is 14.5 Å². The molecule has 20 nitrogen and oxygen atoms in total. The minimum atomic E-state index is -4.84. The number of amides is 2. The van der Waals surface area contributed by atoms with Crippen LogP contribution in [0.3, 0.4) is 0 Å². The zero-order valence-electron chi connectivity index (χ0n) is 45.0. The number of para-hydroxylation sites is 3. The maximum atomic E-state index is 13.1. The number of ether oxygens (including phenoxy) is 5. The number of rotatable bonds is 19. The monoisotopic (exact) mass is 1200 g/mol. The number of hydrogen-bond donors (Lipinski definition) is 4. The highest BCUT2D eigenvalue weighted by molar-refractivity contribution is 7.51. The number of alkyl halides is 6. The van der Waals surface area contributed by atoms with Gasteiger partial charge >= 0.3 is 31.4 Å². The van der Waals surface area contributed by atoms with Crippen molar-refractivity contribution in [2.75, 3.05) is 55.6 Å². The molecule has 4 aromatic carbocycles. The molecule has 0 aliphatic carbocycles. The van der Waals surface area contributed by atoms with Crippen LogP contribution in [0.25, 0.3) is 5.69 Å². The van der Waals surface area contributed by atoms with Gasteiger partial charge < -0.3 is 43.5 Å². The van der Waals surface area contributed by atoms with E-state index in [1.54, 1.807) is 16.7 Å². The average molecular weight is 1210 g/mol. The number of fused-ring (bicyclic) bond motifs is 1. The van der Waals surface area contributed by atoms with Gasteiger partial charge in [0, 0.05) is 25.3 Å². The largest absolute Gasteiger partial charge is 0.489 e. The number of esters is 1. The number of carbonyl (C=O) groups excluding carboxylic acids is 3. The molecule has 0 radical (unpaired) electrons. The minimum absolute atomic E-state index is 0.0371. The number of aliphatic carboxylic acids is 1. The maximum absolute atomic E-state index is 13.1. The number of nitrogens with zero attached hydrogens (tertiary/aromatic N) is 4. The third kappa shape index (κ3) is 20.3. The Hall–Kier alpha value is -6.43. The van der Waals surface area contributed by atoms with Crippen LogP contribution in [-0.4, -0.2) is 111 Å². The number of carboxylic acids is 1. The van der Waals surface area contributed by atoms with Crippen LogP contribution in [0.5, 0.6) is 17.2 Å². The lowest BCUT2D eigenvalue weighted by Gasteiger charge is -2.35. The number of carboxylic acid groups (broad SMARTS) is 1. The Morgan fingerprint density at radius 3 is 2.16 bits per heavy atom. The highest BCUT2D eigenvalue weighted by atomic mass is 35.5. The fourth-order valence-corrected chi connectivity index (χ4v) is 8.16. The molecule has 0 saturated heterocycles. The third-order valence-electron chi connectivity index (χ3n) is 11.4. The standard InChI is InChI=1S/C25H25F3N2O6.C14H20ClNO2.C11H11Cl2NO2.C3H8NO5P/c1-5-16-6-7-17(20(12-16)36-15(2)23(32)34-4)14-35-19-10-8-18(9-11-19)30-22(31)13-21(25(26,27)28)29(3)24(30)33;1-4-12-8-6-7-11(3)14(12)16(10-18-5-2)13(17)9-15;1-7-6-16-9-5-3-2-4-8(9)14(7)11(15)10(12)13;5-3(6)1-4-2-10(7,8)9/h6-13,15H,5,14H2,1-4H3;6-8H,4-5,9-10H2,1-3H3;2-5,7,10H,6H2,1H3;4H,1-2H2,(H,5,6)(H2,7,8,9). The summed E-state index contributed by atoms with van der Waals surface area (Å²) >= 11 is 16.9. The van der Waals surface area contributed by atoms with Gasteiger partial charge in [0.15, 0.2) is 10.9 Å². The van der Waals surface area contributed by atoms with Gasteiger partial charge in [0.05, 0.1) is 43.0 Å². The molecule has 1 aliphatic rings. The summed E-state index contributed by atoms with van der Waals surface area (Å²) in [7, 11) is -1.88. The molecule has 4 N–H and O–H groups in total. The van der Waals surface area contributed by atoms with Crippen LogP contribution in [0.15, 0.2) is 101 Å². The number of carbonyl (C=O) groups is 4. The van der Waals surface area contributed by atoms with Crippen LogP contribution in [0, 0.1) is 6.92 Å². The molecule has 2 atom stereocenters. The molecule has 2 heterocycles. The predicted octanol–water partition coefficient (Wildman–Crippen LogP) is 8.16. The van der Waals surface area contributed by atoms with Crippen molar-refractivity contribution >= 4 is 77.5 Å². The minimum Gasteiger partial charge on any atom is -0.489 e. The van der Waals surface area contributed by atoms with Gasteiger partial charge in [-0.15, -0.1) is 11.6 Å². The molecule has 2 unspecified atom stereocenters. The Morgan fingerprint density at radius 2 is 1.60 bits per heavy atom. The molecule has 6 rings (SSSR count). The average Bonchev–Trinajstić information content (AvgIpc) is 3.41. The van der Waals surface area contributed by atoms with Crippen molar-refractivity contribution in [3.05, 3.63) is 140 Å². The zero-order chi connectivity index (χ0) is 60.1. The molecule has 0 spiro atoms. The summed E-state index contributed by atoms with van der Waals surface area (Å²) in [5.74, 6) is -0.628. The fourth-order valence-electron chi connectivity index (χ4n) is 7.40. The molecule has 80 heavy (non-hydrogen) atoms. The van der Waals surface area contributed by atoms with E-state index in [1.165, 1.54) is 31.4 Å². The second-order valence-electron chi connectivity index (χ2n) is 17.2. The second-order valence-corrected chi connectivity index (χ2v) is 20.2. The first kappa shape index (κ1) is 67.8. The first-order valence-electron chi connectivity index (χ1n) is 24.5. The molecule has 2 amide bonds. The molecule has 0 fully saturated rings. The van der Waals surface area contributed by atoms with Gasteiger partial charge in [0.1, 0.15) is 48.8 Å². The van der Waals surface area contributed by atoms with E-state index in [0.29, 0.717) is 51.2 Å². The Balaban J connectivity index is 0.000000317. The van der Waals surface area contributed by atoms with E-state index < -0.39 is 66.4 Å². The van der Waals surface area contributed by atoms with Crippen molar-refractivity contribution in [2.45, 2.75) is 84.1 Å². The van der Waals surface area contributed by atoms with E-state index in [9.17, 15) is 46.5 Å². The van der Waals surface area contributed by atoms with E-state index in [1.807, 2.05) is 88.4 Å². The third-order valence-corrected chi connectivity index (χ3v) is 12.6. The summed E-state index contributed by atoms with van der Waals surface area (Å²) in [5, 5.41) is 10.1. The SMILES string of the molecule is CC1COc2ccccc2N1C(=O)C(Cl)Cl.CCOCN(C(=O)CCl)c1c(C)cccc1CC.CCc1ccc(COc2ccc(-n3c(=O)cc(C(F)(F)F)n(C)c3=O)cc2)c(OC(C)C(=O)OC)c1.O=C(O)CNCP(=O)(O)O. The van der Waals surface area contributed by atoms with Crippen molar-refractivity contribution in [1.29, 1.82) is 0 Å². The van der Waals surface area contributed by atoms with E-state index in [-0.39, 0.29) is 42.8 Å². The highest BCUT2D eigenvalue weighted by Gasteiger charge is 2.35. The molecule has 0 bridgehead atoms. The molecule has 1 aliphatic heterocycles. The Bertz CT molecular complexity index is 3050. The number of halogens is 6. The lowest BCUT2D eigenvalue weighted by molar-refractivity contribution is -0.148. The van der Waals surface area contributed by atoms with Gasteiger partial charge in [0.2, 0.25) is 5.91 Å². The topological polar surface area (TPSA) is 255 Å². The van der Waals surface area contributed by atoms with Gasteiger partial charge in [0.25, 0.3) is 11.5 Å². The highest BCUT2D eigenvalue weighted by Crippen LogP contribution is 2.35. The molecule has 0 saturated carbocycles. The maximum Gasteiger partial charge on any atom is 0.431 e. The van der Waals surface area contributed by atoms with Crippen LogP contribution in [0.4, 0.5) is 24.5 Å². The van der Waals surface area contributed by atoms with Crippen LogP contribution >= 0.6 is 42.4 Å². The number of anilines is 2. The normalized spacial score (nSPS) is 13.1. The van der Waals surface area contributed by atoms with Gasteiger partial charge in [-0.05, 0) is 99.7 Å². The number of aryl methyl sites for hydroxylation is 3. The van der Waals surface area contributed by atoms with Crippen LogP contribution in [0.1, 0.15) is 62.6 Å². The van der Waals surface area contributed by atoms with Crippen molar-refractivity contribution in [3.63, 3.8) is 0 Å². The van der Waals surface area contributed by atoms with Crippen molar-refractivity contribution in [2.24, 2.45) is 7.05 Å². The smallest absolute Gasteiger partial charge is 0.431 e. The molecular formula is C53H64Cl3F3N5O15P. The van der Waals surface area contributed by atoms with E-state index in [2.05, 4.69) is 12.2 Å². The van der Waals surface area contributed by atoms with Crippen LogP contribution in [-0.2, 0) is 65.9 Å². The number of hydrogen-bond acceptors (Lipinski definition) is 13. The van der Waals surface area contributed by atoms with Crippen molar-refractivity contribution < 1.29 is 75.5 Å². The Morgan fingerprint density at radius 1 is 0.938 bits per heavy atom. The summed E-state index contributed by atoms with van der Waals surface area (Å²) in [6, 6.07) is 25.0. The van der Waals surface area contributed by atoms with Gasteiger partial charge in [-0.2, -0.15) is 13.2 Å². The number of methoxy groups -OCH3 is 1. The lowest BCUT2D eigenvalue weighted by atomic mass is 10.0. The predicted molar refractivity (Wildman–Crippen MR) is 297 cm³/mol. The number of benzene rings is 4. The van der Waals surface area contributed by atoms with Crippen LogP contribution < -0.4 is 40.6 Å². The Kier molecular flexibility index (Phi) is 27.2. The molecule has 438 valence electrons. The summed E-state index contributed by atoms with van der Waals surface area (Å²) < 4.78 is 77.4. The van der Waals surface area contributed by atoms with E-state index in [4.69, 9.17) is 73.4 Å². The molecular weight excluding hydrogens is 1140 g/mol. The first-order valence-corrected chi connectivity index (χ1v) is 27.7. The molecule has 27 heteroatoms. The number of aromatic nitrogens is 2.